The molecule has 0 aliphatic rings. The molecule has 0 radical (unpaired) electrons. The third-order valence-corrected chi connectivity index (χ3v) is 4.53. The first-order valence-corrected chi connectivity index (χ1v) is 9.36. The summed E-state index contributed by atoms with van der Waals surface area (Å²) in [6.45, 7) is 0. The molecule has 0 aliphatic heterocycles. The fourth-order valence-corrected chi connectivity index (χ4v) is 3.05. The number of carboxylic acids is 1. The van der Waals surface area contributed by atoms with Crippen molar-refractivity contribution in [3.05, 3.63) is 66.4 Å². The van der Waals surface area contributed by atoms with Gasteiger partial charge >= 0.3 is 12.1 Å². The second-order valence-corrected chi connectivity index (χ2v) is 6.69. The Morgan fingerprint density at radius 2 is 2.06 bits per heavy atom. The first-order valence-electron chi connectivity index (χ1n) is 9.36. The molecule has 0 fully saturated rings. The highest BCUT2D eigenvalue weighted by Crippen LogP contribution is 2.28. The molecule has 0 aliphatic carbocycles. The van der Waals surface area contributed by atoms with E-state index in [0.717, 1.165) is 34.1 Å². The number of fused-ring (bicyclic) bond motifs is 1. The van der Waals surface area contributed by atoms with E-state index in [1.807, 2.05) is 41.3 Å². The molecule has 168 valence electrons. The molecule has 2 N–H and O–H groups in total. The maximum absolute atomic E-state index is 11.1. The molecule has 3 heterocycles. The smallest absolute Gasteiger partial charge is 0.475 e. The monoisotopic (exact) mass is 455 g/mol. The van der Waals surface area contributed by atoms with E-state index in [1.165, 1.54) is 6.33 Å². The Bertz CT molecular complexity index is 1320. The van der Waals surface area contributed by atoms with Crippen LogP contribution in [-0.2, 0) is 4.79 Å². The van der Waals surface area contributed by atoms with Crippen molar-refractivity contribution in [1.29, 1.82) is 0 Å². The minimum atomic E-state index is -5.08. The summed E-state index contributed by atoms with van der Waals surface area (Å²) in [6.07, 6.45) is 8.82. The van der Waals surface area contributed by atoms with E-state index in [-0.39, 0.29) is 6.04 Å². The number of hydrogen-bond acceptors (Lipinski definition) is 5. The number of terminal acetylenes is 1. The maximum Gasteiger partial charge on any atom is 0.490 e. The SMILES string of the molecule is C#CCC(c1cccc(C=O)c1)n1cc(-c2ncnc3[nH]ccc23)cn1.O=C(O)C(F)(F)F. The van der Waals surface area contributed by atoms with Crippen LogP contribution < -0.4 is 0 Å². The summed E-state index contributed by atoms with van der Waals surface area (Å²) in [5, 5.41) is 12.6. The lowest BCUT2D eigenvalue weighted by molar-refractivity contribution is -0.192. The highest BCUT2D eigenvalue weighted by molar-refractivity contribution is 5.90. The number of benzene rings is 1. The van der Waals surface area contributed by atoms with Gasteiger partial charge in [0, 0.05) is 35.3 Å². The summed E-state index contributed by atoms with van der Waals surface area (Å²) in [6, 6.07) is 9.19. The summed E-state index contributed by atoms with van der Waals surface area (Å²) in [7, 11) is 0. The zero-order chi connectivity index (χ0) is 24.0. The molecule has 8 nitrogen and oxygen atoms in total. The van der Waals surface area contributed by atoms with Crippen molar-refractivity contribution in [2.45, 2.75) is 18.6 Å². The van der Waals surface area contributed by atoms with Crippen molar-refractivity contribution in [2.75, 3.05) is 0 Å². The Balaban J connectivity index is 0.000000383. The average molecular weight is 455 g/mol. The molecule has 4 rings (SSSR count). The van der Waals surface area contributed by atoms with E-state index < -0.39 is 12.1 Å². The second kappa shape index (κ2) is 9.78. The summed E-state index contributed by atoms with van der Waals surface area (Å²) in [5.74, 6) is -0.0600. The Labute approximate surface area is 185 Å². The van der Waals surface area contributed by atoms with Crippen molar-refractivity contribution >= 4 is 23.3 Å². The van der Waals surface area contributed by atoms with E-state index in [9.17, 15) is 18.0 Å². The number of halogens is 3. The number of aldehydes is 1. The van der Waals surface area contributed by atoms with Gasteiger partial charge in [0.15, 0.2) is 0 Å². The van der Waals surface area contributed by atoms with Crippen LogP contribution >= 0.6 is 0 Å². The Morgan fingerprint density at radius 1 is 1.30 bits per heavy atom. The predicted molar refractivity (Wildman–Crippen MR) is 112 cm³/mol. The molecular formula is C22H16F3N5O3. The maximum atomic E-state index is 11.1. The van der Waals surface area contributed by atoms with Gasteiger partial charge in [-0.25, -0.2) is 14.8 Å². The zero-order valence-corrected chi connectivity index (χ0v) is 16.8. The van der Waals surface area contributed by atoms with Crippen molar-refractivity contribution in [3.8, 4) is 23.6 Å². The molecule has 1 atom stereocenters. The highest BCUT2D eigenvalue weighted by atomic mass is 19.4. The van der Waals surface area contributed by atoms with Crippen LogP contribution in [0, 0.1) is 12.3 Å². The number of hydrogen-bond donors (Lipinski definition) is 2. The number of nitrogens with one attached hydrogen (secondary N) is 1. The Hall–Kier alpha value is -4.46. The van der Waals surface area contributed by atoms with Gasteiger partial charge in [-0.15, -0.1) is 12.3 Å². The first kappa shape index (κ1) is 23.2. The van der Waals surface area contributed by atoms with E-state index in [2.05, 4.69) is 26.0 Å². The van der Waals surface area contributed by atoms with Gasteiger partial charge in [0.1, 0.15) is 18.3 Å². The van der Waals surface area contributed by atoms with Crippen LogP contribution in [-0.4, -0.2) is 48.3 Å². The zero-order valence-electron chi connectivity index (χ0n) is 16.8. The molecule has 11 heteroatoms. The second-order valence-electron chi connectivity index (χ2n) is 6.69. The minimum Gasteiger partial charge on any atom is -0.475 e. The lowest BCUT2D eigenvalue weighted by Gasteiger charge is -2.16. The van der Waals surface area contributed by atoms with Crippen LogP contribution in [0.4, 0.5) is 13.2 Å². The third-order valence-electron chi connectivity index (χ3n) is 4.53. The van der Waals surface area contributed by atoms with Gasteiger partial charge in [-0.1, -0.05) is 18.2 Å². The van der Waals surface area contributed by atoms with Gasteiger partial charge < -0.3 is 10.1 Å². The number of alkyl halides is 3. The van der Waals surface area contributed by atoms with Crippen LogP contribution in [0.5, 0.6) is 0 Å². The lowest BCUT2D eigenvalue weighted by Crippen LogP contribution is -2.21. The summed E-state index contributed by atoms with van der Waals surface area (Å²) < 4.78 is 33.6. The van der Waals surface area contributed by atoms with Gasteiger partial charge in [-0.2, -0.15) is 18.3 Å². The number of aliphatic carboxylic acids is 1. The highest BCUT2D eigenvalue weighted by Gasteiger charge is 2.38. The number of rotatable bonds is 5. The van der Waals surface area contributed by atoms with Crippen molar-refractivity contribution in [3.63, 3.8) is 0 Å². The summed E-state index contributed by atoms with van der Waals surface area (Å²) in [4.78, 5) is 31.7. The first-order chi connectivity index (χ1) is 15.7. The topological polar surface area (TPSA) is 114 Å². The number of H-pyrrole nitrogens is 1. The van der Waals surface area contributed by atoms with Gasteiger partial charge in [0.25, 0.3) is 0 Å². The fraction of sp³-hybridized carbons (Fsp3) is 0.136. The van der Waals surface area contributed by atoms with E-state index >= 15 is 0 Å². The Kier molecular flexibility index (Phi) is 6.88. The van der Waals surface area contributed by atoms with E-state index in [1.54, 1.807) is 12.3 Å². The van der Waals surface area contributed by atoms with E-state index in [4.69, 9.17) is 16.3 Å². The van der Waals surface area contributed by atoms with Crippen molar-refractivity contribution < 1.29 is 27.9 Å². The molecule has 1 aromatic carbocycles. The molecule has 1 unspecified atom stereocenters. The molecule has 0 bridgehead atoms. The Morgan fingerprint density at radius 3 is 2.73 bits per heavy atom. The van der Waals surface area contributed by atoms with Gasteiger partial charge in [-0.05, 0) is 17.7 Å². The van der Waals surface area contributed by atoms with Gasteiger partial charge in [0.2, 0.25) is 0 Å². The molecule has 33 heavy (non-hydrogen) atoms. The molecular weight excluding hydrogens is 439 g/mol. The van der Waals surface area contributed by atoms with Crippen LogP contribution in [0.2, 0.25) is 0 Å². The number of carboxylic acid groups (broad SMARTS) is 1. The normalized spacial score (nSPS) is 11.8. The standard InChI is InChI=1S/C20H15N5O.C2HF3O2/c1-2-4-18(15-6-3-5-14(9-15)12-26)25-11-16(10-24-25)19-17-7-8-21-20(17)23-13-22-19;3-2(4,5)1(6)7/h1,3,5-13,18H,4H2,(H,21,22,23);(H,6,7). The molecule has 0 saturated carbocycles. The van der Waals surface area contributed by atoms with Crippen molar-refractivity contribution in [2.24, 2.45) is 0 Å². The summed E-state index contributed by atoms with van der Waals surface area (Å²) >= 11 is 0. The number of nitrogens with zero attached hydrogens (tertiary/aromatic N) is 4. The van der Waals surface area contributed by atoms with Gasteiger partial charge in [-0.3, -0.25) is 9.48 Å². The molecule has 4 aromatic rings. The number of aromatic nitrogens is 5. The number of aromatic amines is 1. The van der Waals surface area contributed by atoms with Crippen molar-refractivity contribution in [1.82, 2.24) is 24.7 Å². The molecule has 0 saturated heterocycles. The fourth-order valence-electron chi connectivity index (χ4n) is 3.05. The molecule has 0 spiro atoms. The van der Waals surface area contributed by atoms with Gasteiger partial charge in [0.05, 0.1) is 17.9 Å². The summed E-state index contributed by atoms with van der Waals surface area (Å²) in [5.41, 5.74) is 4.02. The lowest BCUT2D eigenvalue weighted by atomic mass is 10.0. The van der Waals surface area contributed by atoms with Crippen LogP contribution in [0.15, 0.2) is 55.2 Å². The molecule has 0 amide bonds. The molecule has 3 aromatic heterocycles. The number of carbonyl (C=O) groups excluding carboxylic acids is 1. The largest absolute Gasteiger partial charge is 0.490 e. The minimum absolute atomic E-state index is 0.155. The predicted octanol–water partition coefficient (Wildman–Crippen LogP) is 3.88. The quantitative estimate of drug-likeness (QED) is 0.349. The van der Waals surface area contributed by atoms with E-state index in [0.29, 0.717) is 12.0 Å². The average Bonchev–Trinajstić information content (AvgIpc) is 3.47. The van der Waals surface area contributed by atoms with Crippen LogP contribution in [0.25, 0.3) is 22.3 Å². The third kappa shape index (κ3) is 5.43. The number of carbonyl (C=O) groups is 2. The van der Waals surface area contributed by atoms with Crippen LogP contribution in [0.1, 0.15) is 28.4 Å². The van der Waals surface area contributed by atoms with Crippen LogP contribution in [0.3, 0.4) is 0 Å².